The molecule has 0 N–H and O–H groups in total. The minimum atomic E-state index is -0.870. The normalized spacial score (nSPS) is 12.5. The van der Waals surface area contributed by atoms with E-state index in [0.29, 0.717) is 0 Å². The van der Waals surface area contributed by atoms with Gasteiger partial charge in [0.25, 0.3) is 0 Å². The van der Waals surface area contributed by atoms with Crippen LogP contribution in [0.3, 0.4) is 0 Å². The molecule has 0 unspecified atom stereocenters. The van der Waals surface area contributed by atoms with Crippen LogP contribution in [0.2, 0.25) is 0 Å². The smallest absolute Gasteiger partial charge is 0.140 e. The zero-order valence-electron chi connectivity index (χ0n) is 32.5. The van der Waals surface area contributed by atoms with Gasteiger partial charge in [-0.1, -0.05) is 36.4 Å². The van der Waals surface area contributed by atoms with Crippen LogP contribution in [-0.4, -0.2) is 0 Å². The van der Waals surface area contributed by atoms with Gasteiger partial charge in [0.05, 0.1) is 45.5 Å². The minimum Gasteiger partial charge on any atom is -0.207 e. The van der Waals surface area contributed by atoms with E-state index in [2.05, 4.69) is 0 Å². The van der Waals surface area contributed by atoms with Crippen molar-refractivity contribution in [3.8, 4) is 36.4 Å². The van der Waals surface area contributed by atoms with Crippen LogP contribution in [0.4, 0.5) is 26.3 Å². The number of halogens is 6. The molecule has 6 aromatic carbocycles. The highest BCUT2D eigenvalue weighted by molar-refractivity contribution is 6.13. The van der Waals surface area contributed by atoms with Crippen LogP contribution in [0, 0.1) is 103 Å². The summed E-state index contributed by atoms with van der Waals surface area (Å²) in [5.74, 6) is -4.98. The molecule has 8 rings (SSSR count). The van der Waals surface area contributed by atoms with E-state index in [0.717, 1.165) is 48.5 Å². The quantitative estimate of drug-likeness (QED) is 0.153. The maximum absolute atomic E-state index is 15.1. The van der Waals surface area contributed by atoms with E-state index < -0.39 is 34.9 Å². The molecule has 0 bridgehead atoms. The second-order valence-electron chi connectivity index (χ2n) is 14.3. The molecule has 0 amide bonds. The summed E-state index contributed by atoms with van der Waals surface area (Å²) in [6.45, 7) is 0. The first-order chi connectivity index (χ1) is 30.9. The van der Waals surface area contributed by atoms with Crippen molar-refractivity contribution in [1.82, 2.24) is 0 Å². The standard InChI is InChI=1S/C52H20F6N6/c53-37-5-7-39(31(17-37)21-59)41-19-44-43(51(41)49(27-1-9-45(55)33(13-27)23-61)28-2-10-46(56)34(14-28)24-62)20-42(40-8-6-38(54)18-32(40)22-60)52(44)50(29-3-11-47(57)35(15-29)25-63)30-4-12-48(58)36(16-30)26-64/h1-20H. The molecular weight excluding hydrogens is 823 g/mol. The fraction of sp³-hybridized carbons (Fsp3) is 0. The first kappa shape index (κ1) is 41.3. The van der Waals surface area contributed by atoms with Gasteiger partial charge in [-0.2, -0.15) is 31.6 Å². The van der Waals surface area contributed by atoms with Crippen LogP contribution in [0.5, 0.6) is 0 Å². The van der Waals surface area contributed by atoms with Crippen LogP contribution in [0.15, 0.2) is 144 Å². The third kappa shape index (κ3) is 7.07. The van der Waals surface area contributed by atoms with E-state index in [4.69, 9.17) is 0 Å². The van der Waals surface area contributed by atoms with Gasteiger partial charge in [-0.25, -0.2) is 26.3 Å². The van der Waals surface area contributed by atoms with Crippen molar-refractivity contribution in [3.05, 3.63) is 245 Å². The fourth-order valence-corrected chi connectivity index (χ4v) is 7.92. The van der Waals surface area contributed by atoms with Crippen molar-refractivity contribution < 1.29 is 26.3 Å². The Balaban J connectivity index is 1.64. The van der Waals surface area contributed by atoms with Crippen molar-refractivity contribution in [2.75, 3.05) is 0 Å². The Morgan fingerprint density at radius 1 is 0.328 bits per heavy atom. The van der Waals surface area contributed by atoms with Gasteiger partial charge in [0.2, 0.25) is 0 Å². The Bertz CT molecular complexity index is 3170. The third-order valence-corrected chi connectivity index (χ3v) is 10.7. The summed E-state index contributed by atoms with van der Waals surface area (Å²) >= 11 is 0. The molecule has 2 aliphatic carbocycles. The first-order valence-corrected chi connectivity index (χ1v) is 18.8. The van der Waals surface area contributed by atoms with Gasteiger partial charge < -0.3 is 0 Å². The summed E-state index contributed by atoms with van der Waals surface area (Å²) in [5, 5.41) is 60.6. The lowest BCUT2D eigenvalue weighted by atomic mass is 9.82. The Kier molecular flexibility index (Phi) is 10.7. The second kappa shape index (κ2) is 16.5. The molecule has 0 atom stereocenters. The molecule has 6 aromatic rings. The number of rotatable bonds is 6. The molecule has 12 heteroatoms. The van der Waals surface area contributed by atoms with Gasteiger partial charge in [-0.05, 0) is 152 Å². The lowest BCUT2D eigenvalue weighted by Gasteiger charge is -2.20. The molecule has 0 saturated heterocycles. The summed E-state index contributed by atoms with van der Waals surface area (Å²) in [6.07, 6.45) is 3.22. The number of hydrogen-bond donors (Lipinski definition) is 0. The summed E-state index contributed by atoms with van der Waals surface area (Å²) in [7, 11) is 0. The van der Waals surface area contributed by atoms with Gasteiger partial charge in [0.15, 0.2) is 0 Å². The Morgan fingerprint density at radius 2 is 0.609 bits per heavy atom. The zero-order valence-corrected chi connectivity index (χ0v) is 32.5. The first-order valence-electron chi connectivity index (χ1n) is 18.8. The molecule has 0 aromatic heterocycles. The number of benzene rings is 6. The highest BCUT2D eigenvalue weighted by Gasteiger charge is 2.37. The maximum atomic E-state index is 15.1. The Morgan fingerprint density at radius 3 is 0.875 bits per heavy atom. The summed E-state index contributed by atoms with van der Waals surface area (Å²) in [4.78, 5) is 0. The van der Waals surface area contributed by atoms with E-state index in [-0.39, 0.29) is 111 Å². The molecule has 0 spiro atoms. The number of hydrogen-bond acceptors (Lipinski definition) is 6. The summed E-state index contributed by atoms with van der Waals surface area (Å²) in [6, 6.07) is 32.6. The van der Waals surface area contributed by atoms with Crippen molar-refractivity contribution in [2.45, 2.75) is 0 Å². The average molecular weight is 843 g/mol. The zero-order chi connectivity index (χ0) is 45.4. The molecule has 6 nitrogen and oxygen atoms in total. The molecule has 0 radical (unpaired) electrons. The topological polar surface area (TPSA) is 143 Å². The van der Waals surface area contributed by atoms with Crippen LogP contribution in [-0.2, 0) is 0 Å². The van der Waals surface area contributed by atoms with Gasteiger partial charge in [-0.15, -0.1) is 0 Å². The molecule has 0 saturated carbocycles. The minimum absolute atomic E-state index is 0.146. The van der Waals surface area contributed by atoms with Crippen LogP contribution >= 0.6 is 0 Å². The lowest BCUT2D eigenvalue weighted by Crippen LogP contribution is -2.02. The predicted molar refractivity (Wildman–Crippen MR) is 222 cm³/mol. The lowest BCUT2D eigenvalue weighted by molar-refractivity contribution is 0.623. The SMILES string of the molecule is N#Cc1cc(C(=C2C(c3ccc(F)cc3C#N)=CC3=C2C=C(c2ccc(F)cc2C#N)C3=C(c2ccc(F)c(C#N)c2)c2ccc(F)c(C#N)c2)c2ccc(F)c(C#N)c2)ccc1F. The highest BCUT2D eigenvalue weighted by Crippen LogP contribution is 2.56. The van der Waals surface area contributed by atoms with E-state index >= 15 is 17.6 Å². The van der Waals surface area contributed by atoms with Crippen LogP contribution in [0.1, 0.15) is 66.8 Å². The fourth-order valence-electron chi connectivity index (χ4n) is 7.92. The number of nitriles is 6. The summed E-state index contributed by atoms with van der Waals surface area (Å²) < 4.78 is 89.9. The van der Waals surface area contributed by atoms with Crippen LogP contribution in [0.25, 0.3) is 22.3 Å². The van der Waals surface area contributed by atoms with Gasteiger partial charge in [0, 0.05) is 11.1 Å². The molecule has 0 fully saturated rings. The van der Waals surface area contributed by atoms with E-state index in [9.17, 15) is 40.4 Å². The molecule has 2 aliphatic rings. The average Bonchev–Trinajstić information content (AvgIpc) is 3.84. The van der Waals surface area contributed by atoms with Crippen molar-refractivity contribution in [3.63, 3.8) is 0 Å². The molecule has 300 valence electrons. The third-order valence-electron chi connectivity index (χ3n) is 10.7. The molecule has 0 heterocycles. The molecule has 64 heavy (non-hydrogen) atoms. The highest BCUT2D eigenvalue weighted by atomic mass is 19.1. The number of nitrogens with zero attached hydrogens (tertiary/aromatic N) is 6. The van der Waals surface area contributed by atoms with E-state index in [1.54, 1.807) is 12.2 Å². The largest absolute Gasteiger partial charge is 0.207 e. The van der Waals surface area contributed by atoms with Crippen molar-refractivity contribution in [2.24, 2.45) is 0 Å². The Hall–Kier alpha value is -9.46. The monoisotopic (exact) mass is 842 g/mol. The van der Waals surface area contributed by atoms with E-state index in [1.165, 1.54) is 60.7 Å². The number of allylic oxidation sites excluding steroid dienone is 8. The van der Waals surface area contributed by atoms with Gasteiger partial charge in [0.1, 0.15) is 59.2 Å². The Labute approximate surface area is 360 Å². The van der Waals surface area contributed by atoms with E-state index in [1.807, 2.05) is 36.4 Å². The predicted octanol–water partition coefficient (Wildman–Crippen LogP) is 11.5. The van der Waals surface area contributed by atoms with Crippen molar-refractivity contribution >= 4 is 22.3 Å². The molecule has 0 aliphatic heterocycles. The van der Waals surface area contributed by atoms with Crippen molar-refractivity contribution in [1.29, 1.82) is 31.6 Å². The molecular formula is C52H20F6N6. The second-order valence-corrected chi connectivity index (χ2v) is 14.3. The summed E-state index contributed by atoms with van der Waals surface area (Å²) in [5.41, 5.74) is 0.930. The van der Waals surface area contributed by atoms with Gasteiger partial charge in [-0.3, -0.25) is 0 Å². The van der Waals surface area contributed by atoms with Gasteiger partial charge >= 0.3 is 0 Å². The van der Waals surface area contributed by atoms with Crippen LogP contribution < -0.4 is 0 Å². The maximum Gasteiger partial charge on any atom is 0.140 e.